The van der Waals surface area contributed by atoms with Crippen LogP contribution in [0.2, 0.25) is 0 Å². The number of unbranched alkanes of at least 4 members (excludes halogenated alkanes) is 1. The number of allylic oxidation sites excluding steroid dienone is 5. The standard InChI is InChI=1S/C10H16.C4H10.2C2H6/c1-5-10(4)8-6-7-9(2)3;1-3-4-2;2*1-2/h5-8,10H,1H2,2-4H3;3-4H2,1-2H3;2*1-2H3/b8-6-;;;. The van der Waals surface area contributed by atoms with Crippen LogP contribution >= 0.6 is 0 Å². The Morgan fingerprint density at radius 1 is 1.00 bits per heavy atom. The van der Waals surface area contributed by atoms with Crippen molar-refractivity contribution < 1.29 is 0 Å². The fourth-order valence-corrected chi connectivity index (χ4v) is 0.502. The number of hydrogen-bond acceptors (Lipinski definition) is 0. The molecule has 0 spiro atoms. The molecule has 0 bridgehead atoms. The molecule has 1 unspecified atom stereocenters. The van der Waals surface area contributed by atoms with Crippen LogP contribution in [0.25, 0.3) is 0 Å². The van der Waals surface area contributed by atoms with Gasteiger partial charge in [0.1, 0.15) is 0 Å². The predicted molar refractivity (Wildman–Crippen MR) is 91.2 cm³/mol. The lowest BCUT2D eigenvalue weighted by atomic mass is 10.1. The Morgan fingerprint density at radius 3 is 1.61 bits per heavy atom. The smallest absolute Gasteiger partial charge is 0.00814 e. The normalized spacial score (nSPS) is 9.61. The zero-order valence-electron chi connectivity index (χ0n) is 14.5. The van der Waals surface area contributed by atoms with Crippen LogP contribution < -0.4 is 0 Å². The molecular weight excluding hydrogens is 216 g/mol. The average Bonchev–Trinajstić information content (AvgIpc) is 2.43. The predicted octanol–water partition coefficient (Wildman–Crippen LogP) is 7.19. The molecule has 0 rings (SSSR count). The highest BCUT2D eigenvalue weighted by Crippen LogP contribution is 1.98. The van der Waals surface area contributed by atoms with E-state index in [9.17, 15) is 0 Å². The Bertz CT molecular complexity index is 166. The van der Waals surface area contributed by atoms with E-state index in [1.54, 1.807) is 0 Å². The quantitative estimate of drug-likeness (QED) is 0.368. The molecule has 0 aromatic carbocycles. The van der Waals surface area contributed by atoms with Gasteiger partial charge in [0, 0.05) is 0 Å². The Labute approximate surface area is 118 Å². The SMILES string of the molecule is C=CC(C)/C=C\C=C(C)C.CC.CC.CCCC. The van der Waals surface area contributed by atoms with Crippen LogP contribution in [0.1, 0.15) is 75.2 Å². The maximum absolute atomic E-state index is 3.69. The molecule has 0 aromatic rings. The van der Waals surface area contributed by atoms with Crippen molar-refractivity contribution in [2.45, 2.75) is 75.2 Å². The Morgan fingerprint density at radius 2 is 1.39 bits per heavy atom. The third kappa shape index (κ3) is 45.5. The summed E-state index contributed by atoms with van der Waals surface area (Å²) in [5.74, 6) is 0.482. The summed E-state index contributed by atoms with van der Waals surface area (Å²) in [6.45, 7) is 22.3. The first-order chi connectivity index (χ1) is 8.58. The summed E-state index contributed by atoms with van der Waals surface area (Å²) in [5, 5.41) is 0. The molecule has 110 valence electrons. The first kappa shape index (κ1) is 25.9. The van der Waals surface area contributed by atoms with E-state index in [0.29, 0.717) is 5.92 Å². The molecule has 0 heterocycles. The van der Waals surface area contributed by atoms with E-state index < -0.39 is 0 Å². The van der Waals surface area contributed by atoms with E-state index in [2.05, 4.69) is 59.4 Å². The van der Waals surface area contributed by atoms with Gasteiger partial charge in [-0.25, -0.2) is 0 Å². The second kappa shape index (κ2) is 29.8. The van der Waals surface area contributed by atoms with E-state index in [4.69, 9.17) is 0 Å². The van der Waals surface area contributed by atoms with E-state index in [1.807, 2.05) is 33.8 Å². The maximum atomic E-state index is 3.69. The van der Waals surface area contributed by atoms with Crippen LogP contribution in [-0.4, -0.2) is 0 Å². The van der Waals surface area contributed by atoms with Gasteiger partial charge in [-0.05, 0) is 19.8 Å². The third-order valence-corrected chi connectivity index (χ3v) is 1.72. The number of hydrogen-bond donors (Lipinski definition) is 0. The molecule has 0 amide bonds. The van der Waals surface area contributed by atoms with Gasteiger partial charge in [0.2, 0.25) is 0 Å². The van der Waals surface area contributed by atoms with Gasteiger partial charge in [0.15, 0.2) is 0 Å². The van der Waals surface area contributed by atoms with Crippen molar-refractivity contribution in [3.8, 4) is 0 Å². The van der Waals surface area contributed by atoms with Gasteiger partial charge in [0.05, 0.1) is 0 Å². The van der Waals surface area contributed by atoms with E-state index in [0.717, 1.165) is 0 Å². The van der Waals surface area contributed by atoms with Crippen molar-refractivity contribution in [3.63, 3.8) is 0 Å². The monoisotopic (exact) mass is 254 g/mol. The average molecular weight is 255 g/mol. The van der Waals surface area contributed by atoms with Crippen LogP contribution in [0, 0.1) is 5.92 Å². The zero-order valence-corrected chi connectivity index (χ0v) is 14.5. The molecule has 0 aliphatic rings. The van der Waals surface area contributed by atoms with E-state index in [1.165, 1.54) is 18.4 Å². The summed E-state index contributed by atoms with van der Waals surface area (Å²) >= 11 is 0. The minimum Gasteiger partial charge on any atom is -0.102 e. The minimum absolute atomic E-state index is 0.482. The highest BCUT2D eigenvalue weighted by molar-refractivity contribution is 5.10. The van der Waals surface area contributed by atoms with Gasteiger partial charge < -0.3 is 0 Å². The van der Waals surface area contributed by atoms with Gasteiger partial charge in [-0.15, -0.1) is 6.58 Å². The summed E-state index contributed by atoms with van der Waals surface area (Å²) in [4.78, 5) is 0. The lowest BCUT2D eigenvalue weighted by Gasteiger charge is -1.92. The topological polar surface area (TPSA) is 0 Å². The van der Waals surface area contributed by atoms with Crippen molar-refractivity contribution in [1.29, 1.82) is 0 Å². The summed E-state index contributed by atoms with van der Waals surface area (Å²) in [6, 6.07) is 0. The van der Waals surface area contributed by atoms with Gasteiger partial charge in [-0.2, -0.15) is 0 Å². The molecule has 0 N–H and O–H groups in total. The molecule has 0 aromatic heterocycles. The Hall–Kier alpha value is -0.780. The van der Waals surface area contributed by atoms with Crippen LogP contribution in [0.5, 0.6) is 0 Å². The van der Waals surface area contributed by atoms with Gasteiger partial charge in [0.25, 0.3) is 0 Å². The lowest BCUT2D eigenvalue weighted by molar-refractivity contribution is 0.886. The first-order valence-corrected chi connectivity index (χ1v) is 7.52. The molecule has 0 saturated carbocycles. The van der Waals surface area contributed by atoms with E-state index >= 15 is 0 Å². The fraction of sp³-hybridized carbons (Fsp3) is 0.667. The van der Waals surface area contributed by atoms with Crippen LogP contribution in [-0.2, 0) is 0 Å². The lowest BCUT2D eigenvalue weighted by Crippen LogP contribution is -1.78. The summed E-state index contributed by atoms with van der Waals surface area (Å²) < 4.78 is 0. The van der Waals surface area contributed by atoms with Crippen molar-refractivity contribution >= 4 is 0 Å². The van der Waals surface area contributed by atoms with Crippen molar-refractivity contribution in [1.82, 2.24) is 0 Å². The third-order valence-electron chi connectivity index (χ3n) is 1.72. The molecular formula is C18H38. The van der Waals surface area contributed by atoms with Gasteiger partial charge in [-0.1, -0.05) is 91.2 Å². The molecule has 0 fully saturated rings. The summed E-state index contributed by atoms with van der Waals surface area (Å²) in [7, 11) is 0. The molecule has 0 nitrogen and oxygen atoms in total. The molecule has 0 heteroatoms. The zero-order chi connectivity index (χ0) is 15.4. The maximum Gasteiger partial charge on any atom is -0.00814 e. The molecule has 0 saturated heterocycles. The highest BCUT2D eigenvalue weighted by atomic mass is 13.9. The second-order valence-corrected chi connectivity index (χ2v) is 3.72. The fourth-order valence-electron chi connectivity index (χ4n) is 0.502. The van der Waals surface area contributed by atoms with Crippen molar-refractivity contribution in [2.24, 2.45) is 5.92 Å². The largest absolute Gasteiger partial charge is 0.102 e. The van der Waals surface area contributed by atoms with Gasteiger partial charge >= 0.3 is 0 Å². The second-order valence-electron chi connectivity index (χ2n) is 3.72. The minimum atomic E-state index is 0.482. The van der Waals surface area contributed by atoms with Crippen molar-refractivity contribution in [3.05, 3.63) is 36.5 Å². The van der Waals surface area contributed by atoms with Crippen molar-refractivity contribution in [2.75, 3.05) is 0 Å². The summed E-state index contributed by atoms with van der Waals surface area (Å²) in [6.07, 6.45) is 10.9. The Balaban J connectivity index is -0.000000102. The van der Waals surface area contributed by atoms with Crippen LogP contribution in [0.4, 0.5) is 0 Å². The first-order valence-electron chi connectivity index (χ1n) is 7.52. The molecule has 18 heavy (non-hydrogen) atoms. The van der Waals surface area contributed by atoms with Crippen LogP contribution in [0.3, 0.4) is 0 Å². The molecule has 1 atom stereocenters. The molecule has 0 aliphatic heterocycles. The van der Waals surface area contributed by atoms with E-state index in [-0.39, 0.29) is 0 Å². The Kier molecular flexibility index (Phi) is 43.0. The number of rotatable bonds is 4. The van der Waals surface area contributed by atoms with Gasteiger partial charge in [-0.3, -0.25) is 0 Å². The molecule has 0 aliphatic carbocycles. The molecule has 0 radical (unpaired) electrons. The van der Waals surface area contributed by atoms with Crippen LogP contribution in [0.15, 0.2) is 36.5 Å². The summed E-state index contributed by atoms with van der Waals surface area (Å²) in [5.41, 5.74) is 1.33. The highest BCUT2D eigenvalue weighted by Gasteiger charge is 1.83.